The summed E-state index contributed by atoms with van der Waals surface area (Å²) in [5.74, 6) is 0. The fourth-order valence-electron chi connectivity index (χ4n) is 2.32. The molecule has 2 nitrogen and oxygen atoms in total. The van der Waals surface area contributed by atoms with Gasteiger partial charge in [-0.3, -0.25) is 0 Å². The highest BCUT2D eigenvalue weighted by molar-refractivity contribution is 5.85. The molecule has 0 bridgehead atoms. The highest BCUT2D eigenvalue weighted by Crippen LogP contribution is 2.38. The molecule has 0 atom stereocenters. The Labute approximate surface area is 95.3 Å². The van der Waals surface area contributed by atoms with E-state index in [-0.39, 0.29) is 0 Å². The second-order valence-electron chi connectivity index (χ2n) is 5.16. The number of hydrogen-bond donors (Lipinski definition) is 2. The van der Waals surface area contributed by atoms with Gasteiger partial charge in [-0.15, -0.1) is 0 Å². The molecule has 2 N–H and O–H groups in total. The molecule has 2 aromatic rings. The Morgan fingerprint density at radius 3 is 2.75 bits per heavy atom. The van der Waals surface area contributed by atoms with Crippen LogP contribution in [-0.4, -0.2) is 15.7 Å². The van der Waals surface area contributed by atoms with Crippen molar-refractivity contribution in [3.8, 4) is 0 Å². The monoisotopic (exact) mass is 215 g/mol. The van der Waals surface area contributed by atoms with E-state index in [0.29, 0.717) is 0 Å². The highest BCUT2D eigenvalue weighted by Gasteiger charge is 2.40. The molecule has 3 rings (SSSR count). The van der Waals surface area contributed by atoms with Crippen molar-refractivity contribution in [2.24, 2.45) is 0 Å². The smallest absolute Gasteiger partial charge is 0.0690 e. The Balaban J connectivity index is 2.04. The van der Waals surface area contributed by atoms with Gasteiger partial charge in [-0.25, -0.2) is 0 Å². The van der Waals surface area contributed by atoms with Gasteiger partial charge < -0.3 is 10.1 Å². The molecule has 0 aliphatic heterocycles. The van der Waals surface area contributed by atoms with E-state index < -0.39 is 5.60 Å². The normalized spacial score (nSPS) is 17.9. The Bertz CT molecular complexity index is 549. The van der Waals surface area contributed by atoms with Crippen LogP contribution in [0.25, 0.3) is 10.9 Å². The zero-order valence-corrected chi connectivity index (χ0v) is 9.80. The molecule has 1 aromatic carbocycles. The van der Waals surface area contributed by atoms with E-state index in [9.17, 15) is 5.11 Å². The third-order valence-electron chi connectivity index (χ3n) is 3.73. The maximum Gasteiger partial charge on any atom is 0.0690 e. The van der Waals surface area contributed by atoms with E-state index in [4.69, 9.17) is 0 Å². The summed E-state index contributed by atoms with van der Waals surface area (Å²) in [6.45, 7) is 4.24. The molecule has 1 saturated carbocycles. The summed E-state index contributed by atoms with van der Waals surface area (Å²) >= 11 is 0. The van der Waals surface area contributed by atoms with E-state index in [1.165, 1.54) is 27.7 Å². The van der Waals surface area contributed by atoms with E-state index in [0.717, 1.165) is 19.3 Å². The van der Waals surface area contributed by atoms with Crippen LogP contribution in [0.5, 0.6) is 0 Å². The van der Waals surface area contributed by atoms with Crippen LogP contribution in [0, 0.1) is 13.8 Å². The van der Waals surface area contributed by atoms with Crippen molar-refractivity contribution >= 4 is 10.9 Å². The molecule has 0 spiro atoms. The van der Waals surface area contributed by atoms with Crippen molar-refractivity contribution in [1.29, 1.82) is 0 Å². The minimum atomic E-state index is -0.396. The van der Waals surface area contributed by atoms with Gasteiger partial charge in [-0.05, 0) is 49.9 Å². The van der Waals surface area contributed by atoms with Gasteiger partial charge in [0.25, 0.3) is 0 Å². The number of nitrogens with one attached hydrogen (secondary N) is 1. The van der Waals surface area contributed by atoms with Crippen LogP contribution in [0.15, 0.2) is 18.2 Å². The van der Waals surface area contributed by atoms with Crippen molar-refractivity contribution in [2.45, 2.75) is 38.7 Å². The van der Waals surface area contributed by atoms with Crippen LogP contribution in [0.1, 0.15) is 29.7 Å². The number of rotatable bonds is 2. The van der Waals surface area contributed by atoms with Crippen molar-refractivity contribution < 1.29 is 5.11 Å². The molecular formula is C14H17NO. The molecule has 84 valence electrons. The van der Waals surface area contributed by atoms with Gasteiger partial charge in [0.05, 0.1) is 5.60 Å². The van der Waals surface area contributed by atoms with Crippen LogP contribution in [0.2, 0.25) is 0 Å². The number of aryl methyl sites for hydroxylation is 2. The Morgan fingerprint density at radius 1 is 1.31 bits per heavy atom. The largest absolute Gasteiger partial charge is 0.390 e. The summed E-state index contributed by atoms with van der Waals surface area (Å²) in [5.41, 5.74) is 4.60. The first kappa shape index (κ1) is 9.91. The van der Waals surface area contributed by atoms with Gasteiger partial charge >= 0.3 is 0 Å². The molecule has 0 saturated heterocycles. The lowest BCUT2D eigenvalue weighted by atomic mass is 10.0. The topological polar surface area (TPSA) is 36.0 Å². The maximum absolute atomic E-state index is 9.92. The SMILES string of the molecule is Cc1[nH]c2ccc(CC3(O)CC3)cc2c1C. The third-order valence-corrected chi connectivity index (χ3v) is 3.73. The predicted molar refractivity (Wildman–Crippen MR) is 65.7 cm³/mol. The third kappa shape index (κ3) is 1.54. The highest BCUT2D eigenvalue weighted by atomic mass is 16.3. The minimum absolute atomic E-state index is 0.396. The molecule has 1 fully saturated rings. The van der Waals surface area contributed by atoms with Crippen LogP contribution >= 0.6 is 0 Å². The minimum Gasteiger partial charge on any atom is -0.390 e. The molecular weight excluding hydrogens is 198 g/mol. The average Bonchev–Trinajstić information content (AvgIpc) is 2.90. The second-order valence-corrected chi connectivity index (χ2v) is 5.16. The van der Waals surface area contributed by atoms with Crippen LogP contribution in [0.3, 0.4) is 0 Å². The quantitative estimate of drug-likeness (QED) is 0.794. The number of H-pyrrole nitrogens is 1. The predicted octanol–water partition coefficient (Wildman–Crippen LogP) is 2.85. The van der Waals surface area contributed by atoms with E-state index >= 15 is 0 Å². The van der Waals surface area contributed by atoms with E-state index in [2.05, 4.69) is 37.0 Å². The second kappa shape index (κ2) is 3.11. The number of hydrogen-bond acceptors (Lipinski definition) is 1. The molecule has 0 unspecified atom stereocenters. The van der Waals surface area contributed by atoms with Crippen molar-refractivity contribution in [2.75, 3.05) is 0 Å². The first-order chi connectivity index (χ1) is 7.57. The molecule has 16 heavy (non-hydrogen) atoms. The Kier molecular flexibility index (Phi) is 1.93. The number of aromatic amines is 1. The maximum atomic E-state index is 9.92. The summed E-state index contributed by atoms with van der Waals surface area (Å²) in [6.07, 6.45) is 2.71. The van der Waals surface area contributed by atoms with Crippen molar-refractivity contribution in [3.63, 3.8) is 0 Å². The summed E-state index contributed by atoms with van der Waals surface area (Å²) in [4.78, 5) is 3.37. The zero-order chi connectivity index (χ0) is 11.3. The number of benzene rings is 1. The van der Waals surface area contributed by atoms with Crippen molar-refractivity contribution in [3.05, 3.63) is 35.0 Å². The van der Waals surface area contributed by atoms with Gasteiger partial charge in [0, 0.05) is 23.0 Å². The molecule has 1 heterocycles. The summed E-state index contributed by atoms with van der Waals surface area (Å²) in [5, 5.41) is 11.2. The molecule has 1 aliphatic rings. The lowest BCUT2D eigenvalue weighted by Gasteiger charge is -2.07. The number of fused-ring (bicyclic) bond motifs is 1. The summed E-state index contributed by atoms with van der Waals surface area (Å²) in [7, 11) is 0. The molecule has 0 radical (unpaired) electrons. The number of aromatic nitrogens is 1. The first-order valence-electron chi connectivity index (χ1n) is 5.88. The van der Waals surface area contributed by atoms with Crippen LogP contribution in [-0.2, 0) is 6.42 Å². The van der Waals surface area contributed by atoms with Crippen LogP contribution < -0.4 is 0 Å². The molecule has 1 aromatic heterocycles. The standard InChI is InChI=1S/C14H17NO/c1-9-10(2)15-13-4-3-11(7-12(9)13)8-14(16)5-6-14/h3-4,7,15-16H,5-6,8H2,1-2H3. The van der Waals surface area contributed by atoms with Gasteiger partial charge in [-0.2, -0.15) is 0 Å². The van der Waals surface area contributed by atoms with Crippen LogP contribution in [0.4, 0.5) is 0 Å². The number of aliphatic hydroxyl groups is 1. The van der Waals surface area contributed by atoms with Gasteiger partial charge in [0.2, 0.25) is 0 Å². The first-order valence-corrected chi connectivity index (χ1v) is 5.88. The fraction of sp³-hybridized carbons (Fsp3) is 0.429. The summed E-state index contributed by atoms with van der Waals surface area (Å²) in [6, 6.07) is 6.45. The molecule has 0 amide bonds. The zero-order valence-electron chi connectivity index (χ0n) is 9.80. The van der Waals surface area contributed by atoms with Crippen molar-refractivity contribution in [1.82, 2.24) is 4.98 Å². The van der Waals surface area contributed by atoms with Gasteiger partial charge in [-0.1, -0.05) is 6.07 Å². The molecule has 1 aliphatic carbocycles. The molecule has 2 heteroatoms. The lowest BCUT2D eigenvalue weighted by Crippen LogP contribution is -2.10. The van der Waals surface area contributed by atoms with E-state index in [1.807, 2.05) is 0 Å². The lowest BCUT2D eigenvalue weighted by molar-refractivity contribution is 0.151. The summed E-state index contributed by atoms with van der Waals surface area (Å²) < 4.78 is 0. The van der Waals surface area contributed by atoms with E-state index in [1.54, 1.807) is 0 Å². The Hall–Kier alpha value is -1.28. The fourth-order valence-corrected chi connectivity index (χ4v) is 2.32. The van der Waals surface area contributed by atoms with Gasteiger partial charge in [0.15, 0.2) is 0 Å². The Morgan fingerprint density at radius 2 is 2.06 bits per heavy atom. The average molecular weight is 215 g/mol. The van der Waals surface area contributed by atoms with Gasteiger partial charge in [0.1, 0.15) is 0 Å².